The van der Waals surface area contributed by atoms with Gasteiger partial charge < -0.3 is 19.5 Å². The first-order chi connectivity index (χ1) is 17.2. The molecule has 0 radical (unpaired) electrons. The van der Waals surface area contributed by atoms with Crippen LogP contribution in [0.1, 0.15) is 11.1 Å². The monoisotopic (exact) mass is 532 g/mol. The summed E-state index contributed by atoms with van der Waals surface area (Å²) in [6, 6.07) is 16.9. The number of hydrogen-bond acceptors (Lipinski definition) is 6. The van der Waals surface area contributed by atoms with Gasteiger partial charge in [-0.2, -0.15) is 0 Å². The van der Waals surface area contributed by atoms with Crippen molar-refractivity contribution in [1.29, 1.82) is 0 Å². The first-order valence-electron chi connectivity index (χ1n) is 11.1. The van der Waals surface area contributed by atoms with Gasteiger partial charge in [-0.1, -0.05) is 29.8 Å². The highest BCUT2D eigenvalue weighted by atomic mass is 35.5. The van der Waals surface area contributed by atoms with E-state index in [1.807, 2.05) is 24.3 Å². The van der Waals surface area contributed by atoms with Gasteiger partial charge in [-0.05, 0) is 66.9 Å². The minimum Gasteiger partial charge on any atom is -0.497 e. The van der Waals surface area contributed by atoms with E-state index in [-0.39, 0.29) is 21.4 Å². The van der Waals surface area contributed by atoms with Gasteiger partial charge >= 0.3 is 0 Å². The van der Waals surface area contributed by atoms with Crippen molar-refractivity contribution in [3.63, 3.8) is 0 Å². The lowest BCUT2D eigenvalue weighted by Gasteiger charge is -2.25. The average molecular weight is 533 g/mol. The van der Waals surface area contributed by atoms with Gasteiger partial charge in [0.25, 0.3) is 10.0 Å². The van der Waals surface area contributed by atoms with Crippen LogP contribution < -0.4 is 23.8 Å². The minimum atomic E-state index is -4.20. The molecule has 3 rings (SSSR count). The fourth-order valence-corrected chi connectivity index (χ4v) is 5.46. The van der Waals surface area contributed by atoms with Crippen LogP contribution in [0.5, 0.6) is 17.2 Å². The summed E-state index contributed by atoms with van der Waals surface area (Å²) < 4.78 is 44.3. The number of sulfonamides is 1. The van der Waals surface area contributed by atoms with Crippen LogP contribution in [0, 0.1) is 6.92 Å². The van der Waals surface area contributed by atoms with Gasteiger partial charge in [0.05, 0.1) is 32.0 Å². The normalized spacial score (nSPS) is 11.0. The van der Waals surface area contributed by atoms with Crippen LogP contribution in [0.3, 0.4) is 0 Å². The number of amides is 1. The number of nitrogens with zero attached hydrogens (tertiary/aromatic N) is 1. The molecule has 10 heteroatoms. The molecule has 3 aromatic rings. The third-order valence-electron chi connectivity index (χ3n) is 5.49. The molecule has 0 unspecified atom stereocenters. The third kappa shape index (κ3) is 6.41. The van der Waals surface area contributed by atoms with Gasteiger partial charge in [-0.25, -0.2) is 8.42 Å². The molecule has 0 heterocycles. The van der Waals surface area contributed by atoms with Gasteiger partial charge in [0.2, 0.25) is 5.91 Å². The number of aryl methyl sites for hydroxylation is 1. The number of hydrogen-bond donors (Lipinski definition) is 1. The van der Waals surface area contributed by atoms with Gasteiger partial charge in [-0.3, -0.25) is 9.10 Å². The Balaban J connectivity index is 1.87. The van der Waals surface area contributed by atoms with E-state index in [4.69, 9.17) is 25.8 Å². The van der Waals surface area contributed by atoms with Crippen LogP contribution in [-0.2, 0) is 21.2 Å². The summed E-state index contributed by atoms with van der Waals surface area (Å²) in [5.41, 5.74) is 1.95. The second-order valence-corrected chi connectivity index (χ2v) is 10.2. The van der Waals surface area contributed by atoms with Crippen molar-refractivity contribution in [2.24, 2.45) is 0 Å². The molecule has 192 valence electrons. The summed E-state index contributed by atoms with van der Waals surface area (Å²) >= 11 is 6.28. The Kier molecular flexibility index (Phi) is 9.06. The first-order valence-corrected chi connectivity index (χ1v) is 12.9. The molecule has 8 nitrogen and oxygen atoms in total. The van der Waals surface area contributed by atoms with E-state index in [1.54, 1.807) is 32.2 Å². The number of anilines is 1. The fraction of sp³-hybridized carbons (Fsp3) is 0.269. The van der Waals surface area contributed by atoms with E-state index in [0.717, 1.165) is 21.2 Å². The maximum Gasteiger partial charge on any atom is 0.268 e. The van der Waals surface area contributed by atoms with Crippen molar-refractivity contribution in [2.75, 3.05) is 38.7 Å². The highest BCUT2D eigenvalue weighted by molar-refractivity contribution is 7.93. The van der Waals surface area contributed by atoms with Crippen molar-refractivity contribution in [3.8, 4) is 17.2 Å². The second-order valence-electron chi connectivity index (χ2n) is 7.93. The molecule has 1 N–H and O–H groups in total. The molecule has 0 aliphatic heterocycles. The zero-order valence-corrected chi connectivity index (χ0v) is 22.2. The summed E-state index contributed by atoms with van der Waals surface area (Å²) in [5.74, 6) is 0.832. The van der Waals surface area contributed by atoms with Crippen molar-refractivity contribution in [2.45, 2.75) is 18.2 Å². The molecule has 0 saturated heterocycles. The van der Waals surface area contributed by atoms with Crippen LogP contribution in [0.25, 0.3) is 0 Å². The van der Waals surface area contributed by atoms with E-state index in [2.05, 4.69) is 5.32 Å². The summed E-state index contributed by atoms with van der Waals surface area (Å²) in [7, 11) is 0.248. The Morgan fingerprint density at radius 2 is 1.58 bits per heavy atom. The molecule has 3 aromatic carbocycles. The van der Waals surface area contributed by atoms with Gasteiger partial charge in [0.15, 0.2) is 0 Å². The Labute approximate surface area is 216 Å². The molecule has 0 aromatic heterocycles. The van der Waals surface area contributed by atoms with Crippen LogP contribution in [0.15, 0.2) is 65.6 Å². The summed E-state index contributed by atoms with van der Waals surface area (Å²) in [4.78, 5) is 12.8. The highest BCUT2D eigenvalue weighted by Gasteiger charge is 2.30. The summed E-state index contributed by atoms with van der Waals surface area (Å²) in [6.07, 6.45) is 0.572. The van der Waals surface area contributed by atoms with E-state index in [9.17, 15) is 13.2 Å². The topological polar surface area (TPSA) is 94.2 Å². The number of nitrogens with one attached hydrogen (secondary N) is 1. The molecular weight excluding hydrogens is 504 g/mol. The number of rotatable bonds is 11. The lowest BCUT2D eigenvalue weighted by atomic mass is 10.1. The molecule has 0 spiro atoms. The summed E-state index contributed by atoms with van der Waals surface area (Å²) in [6.45, 7) is 1.65. The van der Waals surface area contributed by atoms with Crippen LogP contribution in [-0.4, -0.2) is 48.7 Å². The molecule has 0 bridgehead atoms. The van der Waals surface area contributed by atoms with E-state index in [0.29, 0.717) is 18.7 Å². The number of ether oxygens (including phenoxy) is 3. The molecule has 0 saturated carbocycles. The van der Waals surface area contributed by atoms with Crippen molar-refractivity contribution in [1.82, 2.24) is 5.32 Å². The molecular formula is C26H29ClN2O6S. The van der Waals surface area contributed by atoms with Crippen molar-refractivity contribution < 1.29 is 27.4 Å². The number of benzene rings is 3. The minimum absolute atomic E-state index is 0.0528. The predicted molar refractivity (Wildman–Crippen MR) is 140 cm³/mol. The Hall–Kier alpha value is -3.43. The van der Waals surface area contributed by atoms with Crippen molar-refractivity contribution in [3.05, 3.63) is 76.8 Å². The van der Waals surface area contributed by atoms with E-state index < -0.39 is 22.5 Å². The largest absolute Gasteiger partial charge is 0.497 e. The standard InChI is InChI=1S/C26H29ClN2O6S/c1-18-5-11-24(35-4)25(15-18)36(31,32)29(20-8-12-23(34-3)22(27)16-20)17-26(30)28-14-13-19-6-9-21(33-2)10-7-19/h5-12,15-16H,13-14,17H2,1-4H3,(H,28,30). The first kappa shape index (κ1) is 27.2. The quantitative estimate of drug-likeness (QED) is 0.397. The summed E-state index contributed by atoms with van der Waals surface area (Å²) in [5, 5.41) is 3.01. The maximum absolute atomic E-state index is 13.8. The number of methoxy groups -OCH3 is 3. The van der Waals surface area contributed by atoms with Gasteiger partial charge in [-0.15, -0.1) is 0 Å². The fourth-order valence-electron chi connectivity index (χ4n) is 3.55. The zero-order valence-electron chi connectivity index (χ0n) is 20.6. The van der Waals surface area contributed by atoms with Crippen LogP contribution in [0.2, 0.25) is 5.02 Å². The number of halogens is 1. The third-order valence-corrected chi connectivity index (χ3v) is 7.58. The lowest BCUT2D eigenvalue weighted by Crippen LogP contribution is -2.41. The molecule has 0 atom stereocenters. The number of carbonyl (C=O) groups is 1. The van der Waals surface area contributed by atoms with Crippen LogP contribution >= 0.6 is 11.6 Å². The molecule has 36 heavy (non-hydrogen) atoms. The molecule has 0 aliphatic carbocycles. The lowest BCUT2D eigenvalue weighted by molar-refractivity contribution is -0.119. The van der Waals surface area contributed by atoms with Gasteiger partial charge in [0, 0.05) is 6.54 Å². The smallest absolute Gasteiger partial charge is 0.268 e. The zero-order chi connectivity index (χ0) is 26.3. The molecule has 0 fully saturated rings. The molecule has 0 aliphatic rings. The Morgan fingerprint density at radius 3 is 2.19 bits per heavy atom. The van der Waals surface area contributed by atoms with Crippen molar-refractivity contribution >= 4 is 33.2 Å². The number of carbonyl (C=O) groups excluding carboxylic acids is 1. The highest BCUT2D eigenvalue weighted by Crippen LogP contribution is 2.34. The second kappa shape index (κ2) is 12.0. The molecule has 1 amide bonds. The van der Waals surface area contributed by atoms with Gasteiger partial charge in [0.1, 0.15) is 28.7 Å². The predicted octanol–water partition coefficient (Wildman–Crippen LogP) is 4.23. The maximum atomic E-state index is 13.8. The van der Waals surface area contributed by atoms with E-state index >= 15 is 0 Å². The SMILES string of the molecule is COc1ccc(CCNC(=O)CN(c2ccc(OC)c(Cl)c2)S(=O)(=O)c2cc(C)ccc2OC)cc1. The average Bonchev–Trinajstić information content (AvgIpc) is 2.87. The Morgan fingerprint density at radius 1 is 0.917 bits per heavy atom. The van der Waals surface area contributed by atoms with E-state index in [1.165, 1.54) is 32.4 Å². The van der Waals surface area contributed by atoms with Crippen LogP contribution in [0.4, 0.5) is 5.69 Å². The Bertz CT molecular complexity index is 1310.